The fourth-order valence-electron chi connectivity index (χ4n) is 2.41. The van der Waals surface area contributed by atoms with Gasteiger partial charge in [0.15, 0.2) is 0 Å². The summed E-state index contributed by atoms with van der Waals surface area (Å²) in [6.07, 6.45) is 0. The van der Waals surface area contributed by atoms with Gasteiger partial charge in [-0.1, -0.05) is 30.3 Å². The van der Waals surface area contributed by atoms with Crippen molar-refractivity contribution in [3.8, 4) is 0 Å². The van der Waals surface area contributed by atoms with E-state index < -0.39 is 11.7 Å². The highest BCUT2D eigenvalue weighted by atomic mass is 16.2. The number of carbonyl (C=O) groups excluding carboxylic acids is 2. The predicted molar refractivity (Wildman–Crippen MR) is 78.3 cm³/mol. The molecule has 2 aromatic rings. The Hall–Kier alpha value is -2.62. The molecule has 1 aliphatic rings. The van der Waals surface area contributed by atoms with Crippen LogP contribution in [-0.4, -0.2) is 25.3 Å². The van der Waals surface area contributed by atoms with E-state index in [0.717, 1.165) is 17.1 Å². The first-order chi connectivity index (χ1) is 9.68. The molecule has 0 saturated heterocycles. The largest absolute Gasteiger partial charge is 0.332 e. The number of ketones is 1. The quantitative estimate of drug-likeness (QED) is 0.744. The molecule has 0 saturated carbocycles. The monoisotopic (exact) mass is 266 g/mol. The van der Waals surface area contributed by atoms with Crippen molar-refractivity contribution in [3.05, 3.63) is 54.6 Å². The topological polar surface area (TPSA) is 40.6 Å². The summed E-state index contributed by atoms with van der Waals surface area (Å²) >= 11 is 0. The molecule has 4 nitrogen and oxygen atoms in total. The van der Waals surface area contributed by atoms with Gasteiger partial charge < -0.3 is 9.80 Å². The van der Waals surface area contributed by atoms with Gasteiger partial charge >= 0.3 is 0 Å². The van der Waals surface area contributed by atoms with E-state index in [1.54, 1.807) is 7.05 Å². The summed E-state index contributed by atoms with van der Waals surface area (Å²) in [4.78, 5) is 27.4. The molecule has 2 aromatic carbocycles. The van der Waals surface area contributed by atoms with Crippen LogP contribution >= 0.6 is 0 Å². The molecule has 0 fully saturated rings. The highest BCUT2D eigenvalue weighted by Crippen LogP contribution is 2.35. The van der Waals surface area contributed by atoms with E-state index in [1.165, 1.54) is 4.90 Å². The van der Waals surface area contributed by atoms with Gasteiger partial charge in [-0.15, -0.1) is 0 Å². The molecule has 0 atom stereocenters. The maximum Gasteiger partial charge on any atom is 0.296 e. The van der Waals surface area contributed by atoms with Crippen molar-refractivity contribution in [1.82, 2.24) is 0 Å². The number of fused-ring (bicyclic) bond motifs is 1. The van der Waals surface area contributed by atoms with Crippen molar-refractivity contribution in [3.63, 3.8) is 0 Å². The van der Waals surface area contributed by atoms with Crippen molar-refractivity contribution in [2.75, 3.05) is 23.4 Å². The summed E-state index contributed by atoms with van der Waals surface area (Å²) in [7, 11) is 1.63. The number of rotatable bonds is 1. The van der Waals surface area contributed by atoms with Crippen LogP contribution in [0.2, 0.25) is 0 Å². The highest BCUT2D eigenvalue weighted by molar-refractivity contribution is 6.43. The lowest BCUT2D eigenvalue weighted by Gasteiger charge is -2.24. The minimum absolute atomic E-state index is 0.0597. The lowest BCUT2D eigenvalue weighted by molar-refractivity contribution is -0.135. The van der Waals surface area contributed by atoms with Gasteiger partial charge in [0.05, 0.1) is 17.9 Å². The first kappa shape index (κ1) is 12.4. The lowest BCUT2D eigenvalue weighted by atomic mass is 10.2. The minimum atomic E-state index is -0.476. The van der Waals surface area contributed by atoms with E-state index in [1.807, 2.05) is 59.5 Å². The summed E-state index contributed by atoms with van der Waals surface area (Å²) in [5.74, 6) is -0.886. The highest BCUT2D eigenvalue weighted by Gasteiger charge is 2.30. The molecule has 0 radical (unpaired) electrons. The first-order valence-electron chi connectivity index (χ1n) is 6.41. The van der Waals surface area contributed by atoms with Crippen LogP contribution in [0.4, 0.5) is 17.1 Å². The normalized spacial score (nSPS) is 15.1. The molecule has 1 heterocycles. The Labute approximate surface area is 117 Å². The van der Waals surface area contributed by atoms with E-state index in [4.69, 9.17) is 0 Å². The Morgan fingerprint density at radius 1 is 0.850 bits per heavy atom. The lowest BCUT2D eigenvalue weighted by Crippen LogP contribution is -2.35. The molecule has 3 rings (SSSR count). The Balaban J connectivity index is 2.18. The van der Waals surface area contributed by atoms with Crippen molar-refractivity contribution in [2.24, 2.45) is 0 Å². The standard InChI is InChI=1S/C16H14N2O2/c1-17-13-9-5-6-10-14(13)18(11-15(19)16(17)20)12-7-3-2-4-8-12/h2-10H,11H2,1H3. The van der Waals surface area contributed by atoms with Crippen LogP contribution in [0.3, 0.4) is 0 Å². The average Bonchev–Trinajstić information content (AvgIpc) is 2.60. The summed E-state index contributed by atoms with van der Waals surface area (Å²) in [5.41, 5.74) is 2.50. The van der Waals surface area contributed by atoms with Gasteiger partial charge in [0, 0.05) is 12.7 Å². The Morgan fingerprint density at radius 3 is 2.15 bits per heavy atom. The molecule has 1 amide bonds. The zero-order valence-corrected chi connectivity index (χ0v) is 11.1. The van der Waals surface area contributed by atoms with Gasteiger partial charge in [0.2, 0.25) is 5.78 Å². The maximum atomic E-state index is 12.0. The third-order valence-corrected chi connectivity index (χ3v) is 3.45. The van der Waals surface area contributed by atoms with Crippen molar-refractivity contribution < 1.29 is 9.59 Å². The molecule has 0 aromatic heterocycles. The number of nitrogens with zero attached hydrogens (tertiary/aromatic N) is 2. The van der Waals surface area contributed by atoms with Gasteiger partial charge in [-0.2, -0.15) is 0 Å². The SMILES string of the molecule is CN1C(=O)C(=O)CN(c2ccccc2)c2ccccc21. The number of Topliss-reactive ketones (excluding diaryl/α,β-unsaturated/α-hetero) is 1. The number of para-hydroxylation sites is 3. The molecular formula is C16H14N2O2. The Kier molecular flexibility index (Phi) is 2.99. The summed E-state index contributed by atoms with van der Waals surface area (Å²) < 4.78 is 0. The molecule has 20 heavy (non-hydrogen) atoms. The molecule has 0 N–H and O–H groups in total. The summed E-state index contributed by atoms with van der Waals surface area (Å²) in [6.45, 7) is 0.0597. The van der Waals surface area contributed by atoms with Crippen LogP contribution in [0.5, 0.6) is 0 Å². The third kappa shape index (κ3) is 1.95. The smallest absolute Gasteiger partial charge is 0.296 e. The van der Waals surface area contributed by atoms with E-state index in [9.17, 15) is 9.59 Å². The molecule has 0 aliphatic carbocycles. The fourth-order valence-corrected chi connectivity index (χ4v) is 2.41. The second-order valence-electron chi connectivity index (χ2n) is 4.70. The van der Waals surface area contributed by atoms with E-state index >= 15 is 0 Å². The van der Waals surface area contributed by atoms with Crippen molar-refractivity contribution >= 4 is 28.8 Å². The zero-order chi connectivity index (χ0) is 14.1. The van der Waals surface area contributed by atoms with Gasteiger partial charge in [0.1, 0.15) is 0 Å². The molecule has 0 unspecified atom stereocenters. The van der Waals surface area contributed by atoms with Crippen molar-refractivity contribution in [2.45, 2.75) is 0 Å². The maximum absolute atomic E-state index is 12.0. The Bertz CT molecular complexity index is 667. The number of hydrogen-bond donors (Lipinski definition) is 0. The fraction of sp³-hybridized carbons (Fsp3) is 0.125. The van der Waals surface area contributed by atoms with Crippen LogP contribution in [0.15, 0.2) is 54.6 Å². The van der Waals surface area contributed by atoms with Crippen LogP contribution in [-0.2, 0) is 9.59 Å². The number of hydrogen-bond acceptors (Lipinski definition) is 3. The van der Waals surface area contributed by atoms with Gasteiger partial charge in [-0.25, -0.2) is 0 Å². The second-order valence-corrected chi connectivity index (χ2v) is 4.70. The minimum Gasteiger partial charge on any atom is -0.332 e. The molecule has 0 bridgehead atoms. The van der Waals surface area contributed by atoms with Crippen LogP contribution in [0, 0.1) is 0 Å². The second kappa shape index (κ2) is 4.81. The number of amides is 1. The summed E-state index contributed by atoms with van der Waals surface area (Å²) in [5, 5.41) is 0. The molecule has 4 heteroatoms. The van der Waals surface area contributed by atoms with E-state index in [-0.39, 0.29) is 6.54 Å². The predicted octanol–water partition coefficient (Wildman–Crippen LogP) is 2.37. The van der Waals surface area contributed by atoms with Crippen LogP contribution in [0.25, 0.3) is 0 Å². The first-order valence-corrected chi connectivity index (χ1v) is 6.41. The zero-order valence-electron chi connectivity index (χ0n) is 11.1. The third-order valence-electron chi connectivity index (χ3n) is 3.45. The molecule has 100 valence electrons. The van der Waals surface area contributed by atoms with Gasteiger partial charge in [0.25, 0.3) is 5.91 Å². The Morgan fingerprint density at radius 2 is 1.45 bits per heavy atom. The number of benzene rings is 2. The average molecular weight is 266 g/mol. The molecule has 0 spiro atoms. The van der Waals surface area contributed by atoms with Gasteiger partial charge in [-0.3, -0.25) is 9.59 Å². The summed E-state index contributed by atoms with van der Waals surface area (Å²) in [6, 6.07) is 17.2. The van der Waals surface area contributed by atoms with Crippen molar-refractivity contribution in [1.29, 1.82) is 0 Å². The molecule has 1 aliphatic heterocycles. The number of likely N-dealkylation sites (N-methyl/N-ethyl adjacent to an activating group) is 1. The van der Waals surface area contributed by atoms with E-state index in [0.29, 0.717) is 0 Å². The van der Waals surface area contributed by atoms with E-state index in [2.05, 4.69) is 0 Å². The van der Waals surface area contributed by atoms with Crippen LogP contribution in [0.1, 0.15) is 0 Å². The number of anilines is 3. The van der Waals surface area contributed by atoms with Crippen LogP contribution < -0.4 is 9.80 Å². The number of carbonyl (C=O) groups is 2. The van der Waals surface area contributed by atoms with Gasteiger partial charge in [-0.05, 0) is 24.3 Å². The molecular weight excluding hydrogens is 252 g/mol.